The van der Waals surface area contributed by atoms with Crippen LogP contribution in [-0.4, -0.2) is 9.79 Å². The fraction of sp³-hybridized carbons (Fsp3) is 0. The molecule has 0 aliphatic rings. The van der Waals surface area contributed by atoms with E-state index in [9.17, 15) is 4.57 Å². The zero-order valence-electron chi connectivity index (χ0n) is 5.25. The summed E-state index contributed by atoms with van der Waals surface area (Å²) in [6, 6.07) is 0. The van der Waals surface area contributed by atoms with E-state index in [0.717, 1.165) is 0 Å². The minimum Gasteiger partial charge on any atom is -0.338 e. The van der Waals surface area contributed by atoms with E-state index in [1.807, 2.05) is 0 Å². The second kappa shape index (κ2) is 13.6. The lowest BCUT2D eigenvalue weighted by molar-refractivity contribution is 0.503. The van der Waals surface area contributed by atoms with Gasteiger partial charge in [0.15, 0.2) is 0 Å². The molecule has 0 aromatic heterocycles. The Kier molecular flexibility index (Phi) is 22.7. The van der Waals surface area contributed by atoms with Crippen LogP contribution in [0.2, 0.25) is 0 Å². The maximum Gasteiger partial charge on any atom is 0.477 e. The lowest BCUT2D eigenvalue weighted by atomic mass is 15.9. The minimum absolute atomic E-state index is 0.694. The van der Waals surface area contributed by atoms with E-state index in [1.54, 1.807) is 0 Å². The average Bonchev–Trinajstić information content (AvgIpc) is 1.56. The van der Waals surface area contributed by atoms with Gasteiger partial charge in [-0.15, -0.1) is 12.2 Å². The highest BCUT2D eigenvalue weighted by Gasteiger charge is 1.90. The van der Waals surface area contributed by atoms with Crippen LogP contribution in [0.1, 0.15) is 0 Å². The lowest BCUT2D eigenvalue weighted by Crippen LogP contribution is -1.53. The summed E-state index contributed by atoms with van der Waals surface area (Å²) in [5, 5.41) is 0. The molecule has 0 rings (SSSR count). The molecule has 0 amide bonds. The van der Waals surface area contributed by atoms with Crippen molar-refractivity contribution in [3.8, 4) is 0 Å². The molecule has 0 aromatic rings. The van der Waals surface area contributed by atoms with Gasteiger partial charge >= 0.3 is 6.20 Å². The maximum absolute atomic E-state index is 9.32. The fourth-order valence-electron chi connectivity index (χ4n) is 0. The van der Waals surface area contributed by atoms with Crippen LogP contribution >= 0.6 is 67.5 Å². The van der Waals surface area contributed by atoms with Gasteiger partial charge in [0.05, 0.1) is 0 Å². The molecule has 0 aliphatic carbocycles. The van der Waals surface area contributed by atoms with Gasteiger partial charge in [-0.25, -0.2) is 0 Å². The molecule has 0 saturated heterocycles. The van der Waals surface area contributed by atoms with Crippen LogP contribution < -0.4 is 0 Å². The number of rotatable bonds is 0. The van der Waals surface area contributed by atoms with Crippen LogP contribution in [0.25, 0.3) is 0 Å². The van der Waals surface area contributed by atoms with Gasteiger partial charge < -0.3 is 9.79 Å². The van der Waals surface area contributed by atoms with Gasteiger partial charge in [-0.05, 0) is 28.2 Å². The Bertz CT molecular complexity index is 149. The van der Waals surface area contributed by atoms with Crippen molar-refractivity contribution in [2.75, 3.05) is 0 Å². The van der Waals surface area contributed by atoms with Crippen LogP contribution in [-0.2, 0) is 28.2 Å². The van der Waals surface area contributed by atoms with Gasteiger partial charge in [-0.3, -0.25) is 0 Å². The van der Waals surface area contributed by atoms with Crippen molar-refractivity contribution in [2.24, 2.45) is 0 Å². The Morgan fingerprint density at radius 2 is 1.42 bits per heavy atom. The number of hydrogen-bond donors (Lipinski definition) is 6. The van der Waals surface area contributed by atoms with E-state index in [-0.39, 0.29) is 0 Å². The summed E-state index contributed by atoms with van der Waals surface area (Å²) in [5.74, 6) is 0. The van der Waals surface area contributed by atoms with Crippen molar-refractivity contribution < 1.29 is 14.4 Å². The molecule has 0 unspecified atom stereocenters. The van der Waals surface area contributed by atoms with Gasteiger partial charge in [0.25, 0.3) is 0 Å². The van der Waals surface area contributed by atoms with Gasteiger partial charge in [-0.2, -0.15) is 0 Å². The molecule has 12 heavy (non-hydrogen) atoms. The highest BCUT2D eigenvalue weighted by atomic mass is 33.0. The highest BCUT2D eigenvalue weighted by Crippen LogP contribution is 2.39. The van der Waals surface area contributed by atoms with E-state index in [0.29, 0.717) is 6.56 Å². The molecule has 0 aromatic carbocycles. The topological polar surface area (TPSA) is 57.5 Å². The predicted octanol–water partition coefficient (Wildman–Crippen LogP) is 2.87. The maximum atomic E-state index is 9.32. The van der Waals surface area contributed by atoms with E-state index >= 15 is 0 Å². The summed E-state index contributed by atoms with van der Waals surface area (Å²) in [6.07, 6.45) is -1.48. The molecule has 12 heteroatoms. The average molecular weight is 339 g/mol. The highest BCUT2D eigenvalue weighted by molar-refractivity contribution is 8.73. The summed E-state index contributed by atoms with van der Waals surface area (Å²) in [6.45, 7) is 0.694. The van der Waals surface area contributed by atoms with Crippen LogP contribution in [0.4, 0.5) is 0 Å². The largest absolute Gasteiger partial charge is 0.477 e. The van der Waals surface area contributed by atoms with Gasteiger partial charge in [-0.1, -0.05) is 12.2 Å². The molecule has 0 aliphatic heterocycles. The van der Waals surface area contributed by atoms with E-state index < -0.39 is 11.9 Å². The molecule has 0 bridgehead atoms. The fourth-order valence-corrected chi connectivity index (χ4v) is 0. The standard InChI is InChI=1S/H3O2PS2.HOPS2.HPS2/c1-3(2,4)5;1-2(3)4;2-1-3/h(H3,1,2,4,5);(H-,1,3,4);(H,2,3)/p+1. The first-order chi connectivity index (χ1) is 5.15. The zero-order valence-corrected chi connectivity index (χ0v) is 13.1. The summed E-state index contributed by atoms with van der Waals surface area (Å²) >= 11 is 21.6. The summed E-state index contributed by atoms with van der Waals surface area (Å²) in [5.41, 5.74) is -3.11. The van der Waals surface area contributed by atoms with Crippen molar-refractivity contribution in [1.29, 1.82) is 0 Å². The first-order valence-electron chi connectivity index (χ1n) is 1.75. The van der Waals surface area contributed by atoms with Crippen LogP contribution in [0.3, 0.4) is 0 Å². The van der Waals surface area contributed by atoms with Crippen LogP contribution in [0, 0.1) is 0 Å². The summed E-state index contributed by atoms with van der Waals surface area (Å²) in [4.78, 5) is 15.7. The van der Waals surface area contributed by atoms with Gasteiger partial charge in [0.1, 0.15) is 24.5 Å². The monoisotopic (exact) mass is 339 g/mol. The van der Waals surface area contributed by atoms with Crippen molar-refractivity contribution >= 4 is 91.1 Å². The van der Waals surface area contributed by atoms with Gasteiger partial charge in [0, 0.05) is 6.56 Å². The lowest BCUT2D eigenvalue weighted by Gasteiger charge is -1.88. The third-order valence-corrected chi connectivity index (χ3v) is 0. The van der Waals surface area contributed by atoms with Crippen molar-refractivity contribution in [2.45, 2.75) is 0 Å². The molecular formula is H6O3P3S6+. The smallest absolute Gasteiger partial charge is 0.338 e. The van der Waals surface area contributed by atoms with Crippen molar-refractivity contribution in [1.82, 2.24) is 0 Å². The molecule has 0 saturated carbocycles. The minimum atomic E-state index is -3.11. The number of thiol groups is 4. The third kappa shape index (κ3) is 252. The molecule has 74 valence electrons. The first kappa shape index (κ1) is 20.1. The Labute approximate surface area is 105 Å². The predicted molar refractivity (Wildman–Crippen MR) is 76.6 cm³/mol. The Morgan fingerprint density at radius 1 is 1.42 bits per heavy atom. The molecule has 0 atom stereocenters. The SMILES string of the molecule is O=[P+](S)S.OP(O)(=S)S.S=PS. The quantitative estimate of drug-likeness (QED) is 0.303. The first-order valence-corrected chi connectivity index (χ1v) is 12.2. The normalized spacial score (nSPS) is 8.83. The van der Waals surface area contributed by atoms with E-state index in [2.05, 4.69) is 72.6 Å². The molecular weight excluding hydrogens is 333 g/mol. The molecule has 0 heterocycles. The molecule has 0 radical (unpaired) electrons. The molecule has 0 fully saturated rings. The summed E-state index contributed by atoms with van der Waals surface area (Å²) < 4.78 is 9.32. The Hall–Kier alpha value is 2.59. The van der Waals surface area contributed by atoms with E-state index in [4.69, 9.17) is 9.79 Å². The van der Waals surface area contributed by atoms with Crippen LogP contribution in [0.15, 0.2) is 0 Å². The van der Waals surface area contributed by atoms with E-state index in [1.165, 1.54) is 0 Å². The summed E-state index contributed by atoms with van der Waals surface area (Å²) in [7, 11) is 0. The second-order valence-corrected chi connectivity index (χ2v) is 11.6. The van der Waals surface area contributed by atoms with Gasteiger partial charge in [0.2, 0.25) is 5.69 Å². The third-order valence-electron chi connectivity index (χ3n) is 0. The Balaban J connectivity index is -0.000000105. The molecule has 3 nitrogen and oxygen atoms in total. The second-order valence-electron chi connectivity index (χ2n) is 0.848. The Morgan fingerprint density at radius 3 is 1.42 bits per heavy atom. The molecule has 0 spiro atoms. The van der Waals surface area contributed by atoms with Crippen LogP contribution in [0.5, 0.6) is 0 Å². The zero-order chi connectivity index (χ0) is 10.8. The van der Waals surface area contributed by atoms with Crippen molar-refractivity contribution in [3.63, 3.8) is 0 Å². The number of hydrogen-bond acceptors (Lipinski definition) is 3. The molecule has 2 N–H and O–H groups in total. The van der Waals surface area contributed by atoms with Crippen molar-refractivity contribution in [3.05, 3.63) is 0 Å².